The van der Waals surface area contributed by atoms with Crippen LogP contribution in [0.15, 0.2) is 0 Å². The zero-order chi connectivity index (χ0) is 13.5. The van der Waals surface area contributed by atoms with Gasteiger partial charge in [-0.15, -0.1) is 0 Å². The number of nitrogens with zero attached hydrogens (tertiary/aromatic N) is 1. The van der Waals surface area contributed by atoms with Crippen LogP contribution >= 0.6 is 0 Å². The molecular weight excluding hydrogens is 210 g/mol. The van der Waals surface area contributed by atoms with E-state index in [1.54, 1.807) is 0 Å². The Morgan fingerprint density at radius 1 is 1.18 bits per heavy atom. The Balaban J connectivity index is 5.08. The zero-order valence-electron chi connectivity index (χ0n) is 12.3. The summed E-state index contributed by atoms with van der Waals surface area (Å²) < 4.78 is 0. The lowest BCUT2D eigenvalue weighted by molar-refractivity contribution is -0.116. The van der Waals surface area contributed by atoms with Gasteiger partial charge in [0.25, 0.3) is 0 Å². The molecule has 0 spiro atoms. The van der Waals surface area contributed by atoms with Crippen LogP contribution in [0.5, 0.6) is 0 Å². The molecule has 0 atom stereocenters. The molecule has 0 aliphatic carbocycles. The molecule has 0 unspecified atom stereocenters. The van der Waals surface area contributed by atoms with Gasteiger partial charge in [-0.25, -0.2) is 0 Å². The quantitative estimate of drug-likeness (QED) is 0.522. The smallest absolute Gasteiger partial charge is 0.208 e. The Labute approximate surface area is 107 Å². The van der Waals surface area contributed by atoms with E-state index in [1.807, 2.05) is 13.8 Å². The second kappa shape index (κ2) is 7.50. The van der Waals surface area contributed by atoms with E-state index in [-0.39, 0.29) is 17.2 Å². The van der Waals surface area contributed by atoms with Crippen molar-refractivity contribution in [3.63, 3.8) is 0 Å². The Morgan fingerprint density at radius 2 is 1.65 bits per heavy atom. The highest BCUT2D eigenvalue weighted by Gasteiger charge is 2.28. The van der Waals surface area contributed by atoms with Gasteiger partial charge in [-0.1, -0.05) is 46.5 Å². The molecule has 0 saturated carbocycles. The standard InChI is InChI=1S/C15H27NO/c1-7-10-15(11-8-2,16(5)6)12-9-14(17)13(3)4/h13H,7-8,10-11H2,1-6H3. The van der Waals surface area contributed by atoms with Crippen molar-refractivity contribution in [2.24, 2.45) is 5.92 Å². The van der Waals surface area contributed by atoms with Gasteiger partial charge in [-0.2, -0.15) is 0 Å². The Morgan fingerprint density at radius 3 is 1.94 bits per heavy atom. The van der Waals surface area contributed by atoms with Crippen molar-refractivity contribution >= 4 is 5.78 Å². The average Bonchev–Trinajstić information content (AvgIpc) is 2.25. The first-order valence-corrected chi connectivity index (χ1v) is 6.64. The molecule has 0 aliphatic rings. The van der Waals surface area contributed by atoms with E-state index >= 15 is 0 Å². The van der Waals surface area contributed by atoms with Gasteiger partial charge in [0.15, 0.2) is 0 Å². The molecule has 0 rings (SSSR count). The van der Waals surface area contributed by atoms with E-state index in [0.29, 0.717) is 0 Å². The fourth-order valence-corrected chi connectivity index (χ4v) is 1.96. The molecule has 0 bridgehead atoms. The maximum absolute atomic E-state index is 11.6. The molecule has 0 heterocycles. The highest BCUT2D eigenvalue weighted by Crippen LogP contribution is 2.24. The minimum absolute atomic E-state index is 0.00520. The molecule has 0 aromatic heterocycles. The van der Waals surface area contributed by atoms with Crippen LogP contribution in [0.4, 0.5) is 0 Å². The SMILES string of the molecule is CCCC(C#CC(=O)C(C)C)(CCC)N(C)C. The zero-order valence-corrected chi connectivity index (χ0v) is 12.3. The van der Waals surface area contributed by atoms with Crippen LogP contribution in [-0.2, 0) is 4.79 Å². The molecule has 2 nitrogen and oxygen atoms in total. The van der Waals surface area contributed by atoms with Crippen molar-refractivity contribution in [3.05, 3.63) is 0 Å². The van der Waals surface area contributed by atoms with E-state index < -0.39 is 0 Å². The first kappa shape index (κ1) is 16.2. The molecular formula is C15H27NO. The van der Waals surface area contributed by atoms with E-state index in [1.165, 1.54) is 0 Å². The summed E-state index contributed by atoms with van der Waals surface area (Å²) in [5.74, 6) is 6.14. The third-order valence-corrected chi connectivity index (χ3v) is 3.13. The molecule has 0 fully saturated rings. The minimum atomic E-state index is -0.131. The third kappa shape index (κ3) is 4.91. The fraction of sp³-hybridized carbons (Fsp3) is 0.800. The van der Waals surface area contributed by atoms with Gasteiger partial charge in [-0.05, 0) is 32.9 Å². The van der Waals surface area contributed by atoms with Gasteiger partial charge in [0.05, 0.1) is 5.54 Å². The van der Waals surface area contributed by atoms with Crippen molar-refractivity contribution in [1.82, 2.24) is 4.90 Å². The van der Waals surface area contributed by atoms with Gasteiger partial charge >= 0.3 is 0 Å². The highest BCUT2D eigenvalue weighted by atomic mass is 16.1. The van der Waals surface area contributed by atoms with Crippen molar-refractivity contribution in [1.29, 1.82) is 0 Å². The Kier molecular flexibility index (Phi) is 7.15. The van der Waals surface area contributed by atoms with Crippen LogP contribution in [-0.4, -0.2) is 30.3 Å². The van der Waals surface area contributed by atoms with Gasteiger partial charge in [0.2, 0.25) is 5.78 Å². The predicted molar refractivity (Wildman–Crippen MR) is 73.9 cm³/mol. The van der Waals surface area contributed by atoms with Gasteiger partial charge in [0.1, 0.15) is 0 Å². The molecule has 0 aromatic rings. The van der Waals surface area contributed by atoms with Crippen LogP contribution in [0, 0.1) is 17.8 Å². The first-order chi connectivity index (χ1) is 7.89. The summed E-state index contributed by atoms with van der Waals surface area (Å²) in [5, 5.41) is 0. The average molecular weight is 237 g/mol. The van der Waals surface area contributed by atoms with Gasteiger partial charge < -0.3 is 0 Å². The van der Waals surface area contributed by atoms with Crippen LogP contribution in [0.25, 0.3) is 0 Å². The number of hydrogen-bond donors (Lipinski definition) is 0. The van der Waals surface area contributed by atoms with E-state index in [0.717, 1.165) is 25.7 Å². The summed E-state index contributed by atoms with van der Waals surface area (Å²) in [6.07, 6.45) is 4.21. The summed E-state index contributed by atoms with van der Waals surface area (Å²) in [6, 6.07) is 0. The molecule has 98 valence electrons. The highest BCUT2D eigenvalue weighted by molar-refractivity contribution is 5.97. The van der Waals surface area contributed by atoms with Crippen LogP contribution in [0.2, 0.25) is 0 Å². The number of rotatable bonds is 6. The van der Waals surface area contributed by atoms with E-state index in [2.05, 4.69) is 44.7 Å². The Bertz CT molecular complexity index is 288. The van der Waals surface area contributed by atoms with Gasteiger partial charge in [-0.3, -0.25) is 9.69 Å². The molecule has 0 amide bonds. The summed E-state index contributed by atoms with van der Waals surface area (Å²) in [6.45, 7) is 8.13. The van der Waals surface area contributed by atoms with Crippen molar-refractivity contribution < 1.29 is 4.79 Å². The molecule has 0 N–H and O–H groups in total. The molecule has 0 saturated heterocycles. The fourth-order valence-electron chi connectivity index (χ4n) is 1.96. The van der Waals surface area contributed by atoms with Crippen molar-refractivity contribution in [2.75, 3.05) is 14.1 Å². The molecule has 17 heavy (non-hydrogen) atoms. The molecule has 0 radical (unpaired) electrons. The van der Waals surface area contributed by atoms with Gasteiger partial charge in [0, 0.05) is 5.92 Å². The number of ketones is 1. The Hall–Kier alpha value is -0.810. The lowest BCUT2D eigenvalue weighted by atomic mass is 9.87. The lowest BCUT2D eigenvalue weighted by Gasteiger charge is -2.35. The summed E-state index contributed by atoms with van der Waals surface area (Å²) in [4.78, 5) is 13.8. The predicted octanol–water partition coefficient (Wildman–Crippen LogP) is 3.12. The summed E-state index contributed by atoms with van der Waals surface area (Å²) in [5.41, 5.74) is -0.131. The van der Waals surface area contributed by atoms with Crippen LogP contribution in [0.3, 0.4) is 0 Å². The number of carbonyl (C=O) groups excluding carboxylic acids is 1. The monoisotopic (exact) mass is 237 g/mol. The van der Waals surface area contributed by atoms with E-state index in [9.17, 15) is 4.79 Å². The largest absolute Gasteiger partial charge is 0.293 e. The molecule has 2 heteroatoms. The van der Waals surface area contributed by atoms with Crippen molar-refractivity contribution in [2.45, 2.75) is 58.9 Å². The van der Waals surface area contributed by atoms with E-state index in [4.69, 9.17) is 0 Å². The normalized spacial score (nSPS) is 11.5. The maximum Gasteiger partial charge on any atom is 0.208 e. The molecule has 0 aliphatic heterocycles. The summed E-state index contributed by atoms with van der Waals surface area (Å²) in [7, 11) is 4.11. The minimum Gasteiger partial charge on any atom is -0.293 e. The lowest BCUT2D eigenvalue weighted by Crippen LogP contribution is -2.43. The number of Topliss-reactive ketones (excluding diaryl/α,β-unsaturated/α-hetero) is 1. The second-order valence-electron chi connectivity index (χ2n) is 5.19. The van der Waals surface area contributed by atoms with Crippen molar-refractivity contribution in [3.8, 4) is 11.8 Å². The summed E-state index contributed by atoms with van der Waals surface area (Å²) >= 11 is 0. The van der Waals surface area contributed by atoms with Crippen LogP contribution < -0.4 is 0 Å². The molecule has 0 aromatic carbocycles. The number of hydrogen-bond acceptors (Lipinski definition) is 2. The van der Waals surface area contributed by atoms with Crippen LogP contribution in [0.1, 0.15) is 53.4 Å². The maximum atomic E-state index is 11.6. The second-order valence-corrected chi connectivity index (χ2v) is 5.19. The number of carbonyl (C=O) groups is 1. The first-order valence-electron chi connectivity index (χ1n) is 6.64. The third-order valence-electron chi connectivity index (χ3n) is 3.13. The topological polar surface area (TPSA) is 20.3 Å².